The number of carbonyl (C=O) groups is 1. The fourth-order valence-electron chi connectivity index (χ4n) is 2.72. The summed E-state index contributed by atoms with van der Waals surface area (Å²) in [5.74, 6) is 0.520. The summed E-state index contributed by atoms with van der Waals surface area (Å²) in [6.07, 6.45) is 1.77. The number of amides is 1. The molecule has 2 aromatic carbocycles. The second-order valence-corrected chi connectivity index (χ2v) is 6.02. The van der Waals surface area contributed by atoms with Crippen LogP contribution in [-0.2, 0) is 11.8 Å². The zero-order valence-electron chi connectivity index (χ0n) is 15.2. The Morgan fingerprint density at radius 1 is 1.07 bits per heavy atom. The lowest BCUT2D eigenvalue weighted by Crippen LogP contribution is -2.28. The van der Waals surface area contributed by atoms with Crippen LogP contribution in [0.5, 0.6) is 5.75 Å². The van der Waals surface area contributed by atoms with Gasteiger partial charge in [0.25, 0.3) is 0 Å². The summed E-state index contributed by atoms with van der Waals surface area (Å²) in [5, 5.41) is 6.97. The van der Waals surface area contributed by atoms with Crippen LogP contribution >= 0.6 is 0 Å². The highest BCUT2D eigenvalue weighted by molar-refractivity contribution is 5.70. The smallest absolute Gasteiger partial charge is 0.410 e. The molecule has 0 bridgehead atoms. The SMILES string of the molecule is Cn1nccc1C(OCCCNC(=O)Oc1ccccc1)c1ccccc1. The third-order valence-corrected chi connectivity index (χ3v) is 4.06. The van der Waals surface area contributed by atoms with Gasteiger partial charge in [-0.05, 0) is 30.2 Å². The highest BCUT2D eigenvalue weighted by Gasteiger charge is 2.17. The first-order valence-corrected chi connectivity index (χ1v) is 8.89. The number of nitrogens with zero attached hydrogens (tertiary/aromatic N) is 2. The minimum atomic E-state index is -0.465. The van der Waals surface area contributed by atoms with E-state index in [0.717, 1.165) is 11.3 Å². The van der Waals surface area contributed by atoms with E-state index >= 15 is 0 Å². The largest absolute Gasteiger partial charge is 0.412 e. The maximum atomic E-state index is 11.8. The maximum absolute atomic E-state index is 11.8. The third-order valence-electron chi connectivity index (χ3n) is 4.06. The number of ether oxygens (including phenoxy) is 2. The van der Waals surface area contributed by atoms with Crippen molar-refractivity contribution in [2.24, 2.45) is 7.05 Å². The number of hydrogen-bond donors (Lipinski definition) is 1. The Hall–Kier alpha value is -3.12. The topological polar surface area (TPSA) is 65.4 Å². The van der Waals surface area contributed by atoms with E-state index in [1.807, 2.05) is 66.3 Å². The Bertz CT molecular complexity index is 834. The van der Waals surface area contributed by atoms with Crippen LogP contribution in [0.4, 0.5) is 4.79 Å². The number of aryl methyl sites for hydroxylation is 1. The number of nitrogens with one attached hydrogen (secondary N) is 1. The Balaban J connectivity index is 1.47. The zero-order valence-corrected chi connectivity index (χ0v) is 15.2. The molecule has 0 saturated heterocycles. The van der Waals surface area contributed by atoms with Gasteiger partial charge in [-0.1, -0.05) is 48.5 Å². The molecule has 6 heteroatoms. The van der Waals surface area contributed by atoms with Crippen LogP contribution < -0.4 is 10.1 Å². The molecule has 0 fully saturated rings. The first-order valence-electron chi connectivity index (χ1n) is 8.89. The number of hydrogen-bond acceptors (Lipinski definition) is 4. The zero-order chi connectivity index (χ0) is 18.9. The fourth-order valence-corrected chi connectivity index (χ4v) is 2.72. The normalized spacial score (nSPS) is 11.7. The van der Waals surface area contributed by atoms with Crippen molar-refractivity contribution in [3.05, 3.63) is 84.2 Å². The van der Waals surface area contributed by atoms with E-state index in [4.69, 9.17) is 9.47 Å². The van der Waals surface area contributed by atoms with Gasteiger partial charge in [-0.3, -0.25) is 4.68 Å². The molecule has 0 spiro atoms. The maximum Gasteiger partial charge on any atom is 0.412 e. The molecular weight excluding hydrogens is 342 g/mol. The minimum absolute atomic E-state index is 0.199. The Labute approximate surface area is 158 Å². The molecule has 1 N–H and O–H groups in total. The monoisotopic (exact) mass is 365 g/mol. The molecule has 0 aliphatic rings. The minimum Gasteiger partial charge on any atom is -0.410 e. The van der Waals surface area contributed by atoms with Crippen LogP contribution in [0.25, 0.3) is 0 Å². The molecule has 1 atom stereocenters. The van der Waals surface area contributed by atoms with Crippen LogP contribution in [0.1, 0.15) is 23.8 Å². The van der Waals surface area contributed by atoms with E-state index in [9.17, 15) is 4.79 Å². The average Bonchev–Trinajstić information content (AvgIpc) is 3.12. The Morgan fingerprint density at radius 2 is 1.78 bits per heavy atom. The average molecular weight is 365 g/mol. The van der Waals surface area contributed by atoms with Gasteiger partial charge in [0, 0.05) is 26.4 Å². The lowest BCUT2D eigenvalue weighted by atomic mass is 10.1. The molecule has 0 radical (unpaired) electrons. The standard InChI is InChI=1S/C21H23N3O3/c1-24-19(13-15-23-24)20(17-9-4-2-5-10-17)26-16-8-14-22-21(25)27-18-11-6-3-7-12-18/h2-7,9-13,15,20H,8,14,16H2,1H3,(H,22,25). The molecule has 27 heavy (non-hydrogen) atoms. The molecule has 0 aliphatic heterocycles. The van der Waals surface area contributed by atoms with Crippen LogP contribution in [0, 0.1) is 0 Å². The second kappa shape index (κ2) is 9.54. The summed E-state index contributed by atoms with van der Waals surface area (Å²) in [4.78, 5) is 11.8. The predicted octanol–water partition coefficient (Wildman–Crippen LogP) is 3.70. The molecule has 0 aliphatic carbocycles. The molecule has 140 valence electrons. The molecule has 1 amide bonds. The van der Waals surface area contributed by atoms with Crippen molar-refractivity contribution in [3.63, 3.8) is 0 Å². The van der Waals surface area contributed by atoms with Crippen molar-refractivity contribution in [1.82, 2.24) is 15.1 Å². The van der Waals surface area contributed by atoms with Crippen molar-refractivity contribution in [2.45, 2.75) is 12.5 Å². The molecule has 1 heterocycles. The summed E-state index contributed by atoms with van der Waals surface area (Å²) in [7, 11) is 1.90. The van der Waals surface area contributed by atoms with Crippen molar-refractivity contribution in [1.29, 1.82) is 0 Å². The summed E-state index contributed by atoms with van der Waals surface area (Å²) in [6.45, 7) is 0.967. The number of rotatable bonds is 8. The molecule has 0 saturated carbocycles. The Kier molecular flexibility index (Phi) is 6.60. The van der Waals surface area contributed by atoms with Gasteiger partial charge in [-0.2, -0.15) is 5.10 Å². The second-order valence-electron chi connectivity index (χ2n) is 6.02. The van der Waals surface area contributed by atoms with Gasteiger partial charge in [-0.25, -0.2) is 4.79 Å². The van der Waals surface area contributed by atoms with Crippen molar-refractivity contribution in [3.8, 4) is 5.75 Å². The van der Waals surface area contributed by atoms with Gasteiger partial charge < -0.3 is 14.8 Å². The van der Waals surface area contributed by atoms with E-state index in [1.54, 1.807) is 18.3 Å². The first kappa shape index (κ1) is 18.7. The molecule has 1 aromatic heterocycles. The van der Waals surface area contributed by atoms with E-state index in [1.165, 1.54) is 0 Å². The lowest BCUT2D eigenvalue weighted by molar-refractivity contribution is 0.0730. The molecule has 1 unspecified atom stereocenters. The Morgan fingerprint density at radius 3 is 2.44 bits per heavy atom. The van der Waals surface area contributed by atoms with Crippen LogP contribution in [-0.4, -0.2) is 29.0 Å². The summed E-state index contributed by atoms with van der Waals surface area (Å²) in [5.41, 5.74) is 2.05. The predicted molar refractivity (Wildman–Crippen MR) is 103 cm³/mol. The van der Waals surface area contributed by atoms with Gasteiger partial charge in [0.15, 0.2) is 0 Å². The fraction of sp³-hybridized carbons (Fsp3) is 0.238. The lowest BCUT2D eigenvalue weighted by Gasteiger charge is -2.19. The van der Waals surface area contributed by atoms with Gasteiger partial charge in [0.2, 0.25) is 0 Å². The van der Waals surface area contributed by atoms with Crippen LogP contribution in [0.2, 0.25) is 0 Å². The number of benzene rings is 2. The van der Waals surface area contributed by atoms with E-state index in [-0.39, 0.29) is 6.10 Å². The van der Waals surface area contributed by atoms with E-state index < -0.39 is 6.09 Å². The third kappa shape index (κ3) is 5.43. The summed E-state index contributed by atoms with van der Waals surface area (Å²) >= 11 is 0. The van der Waals surface area contributed by atoms with Gasteiger partial charge in [0.05, 0.1) is 5.69 Å². The summed E-state index contributed by atoms with van der Waals surface area (Å²) < 4.78 is 13.1. The highest BCUT2D eigenvalue weighted by Crippen LogP contribution is 2.25. The van der Waals surface area contributed by atoms with E-state index in [0.29, 0.717) is 25.3 Å². The first-order chi connectivity index (χ1) is 13.2. The number of aromatic nitrogens is 2. The molecule has 6 nitrogen and oxygen atoms in total. The van der Waals surface area contributed by atoms with Crippen molar-refractivity contribution in [2.75, 3.05) is 13.2 Å². The van der Waals surface area contributed by atoms with E-state index in [2.05, 4.69) is 10.4 Å². The number of carbonyl (C=O) groups excluding carboxylic acids is 1. The van der Waals surface area contributed by atoms with Crippen LogP contribution in [0.15, 0.2) is 72.9 Å². The quantitative estimate of drug-likeness (QED) is 0.618. The summed E-state index contributed by atoms with van der Waals surface area (Å²) in [6, 6.07) is 21.0. The van der Waals surface area contributed by atoms with Gasteiger partial charge in [-0.15, -0.1) is 0 Å². The van der Waals surface area contributed by atoms with Crippen molar-refractivity contribution < 1.29 is 14.3 Å². The van der Waals surface area contributed by atoms with Crippen molar-refractivity contribution >= 4 is 6.09 Å². The molecule has 3 rings (SSSR count). The van der Waals surface area contributed by atoms with Crippen LogP contribution in [0.3, 0.4) is 0 Å². The molecular formula is C21H23N3O3. The number of para-hydroxylation sites is 1. The molecule has 3 aromatic rings. The van der Waals surface area contributed by atoms with Gasteiger partial charge >= 0.3 is 6.09 Å². The van der Waals surface area contributed by atoms with Gasteiger partial charge in [0.1, 0.15) is 11.9 Å². The highest BCUT2D eigenvalue weighted by atomic mass is 16.6.